The SMILES string of the molecule is O/N=C1\C2CCN(CC2)C1Cc1ccc(O)cc1. The molecule has 0 radical (unpaired) electrons. The Labute approximate surface area is 107 Å². The summed E-state index contributed by atoms with van der Waals surface area (Å²) in [5.41, 5.74) is 2.12. The van der Waals surface area contributed by atoms with Crippen molar-refractivity contribution in [2.45, 2.75) is 25.3 Å². The van der Waals surface area contributed by atoms with E-state index < -0.39 is 0 Å². The van der Waals surface area contributed by atoms with Crippen molar-refractivity contribution < 1.29 is 10.3 Å². The number of benzene rings is 1. The average Bonchev–Trinajstić information content (AvgIpc) is 2.42. The van der Waals surface area contributed by atoms with Crippen LogP contribution in [0.3, 0.4) is 0 Å². The maximum Gasteiger partial charge on any atom is 0.115 e. The highest BCUT2D eigenvalue weighted by molar-refractivity contribution is 5.92. The lowest BCUT2D eigenvalue weighted by atomic mass is 9.79. The lowest BCUT2D eigenvalue weighted by Gasteiger charge is -2.45. The molecular formula is C14H18N2O2. The summed E-state index contributed by atoms with van der Waals surface area (Å²) in [6, 6.07) is 7.52. The minimum absolute atomic E-state index is 0.229. The minimum atomic E-state index is 0.229. The van der Waals surface area contributed by atoms with Crippen molar-refractivity contribution in [1.82, 2.24) is 4.90 Å². The highest BCUT2D eigenvalue weighted by atomic mass is 16.4. The molecule has 4 nitrogen and oxygen atoms in total. The third-order valence-electron chi connectivity index (χ3n) is 4.21. The molecule has 0 aliphatic carbocycles. The van der Waals surface area contributed by atoms with Crippen molar-refractivity contribution >= 4 is 5.71 Å². The molecule has 3 saturated heterocycles. The average molecular weight is 246 g/mol. The molecule has 1 aromatic rings. The van der Waals surface area contributed by atoms with Gasteiger partial charge in [-0.3, -0.25) is 4.90 Å². The molecule has 18 heavy (non-hydrogen) atoms. The van der Waals surface area contributed by atoms with Crippen LogP contribution in [0, 0.1) is 5.92 Å². The van der Waals surface area contributed by atoms with Crippen LogP contribution in [0.15, 0.2) is 29.4 Å². The van der Waals surface area contributed by atoms with E-state index in [2.05, 4.69) is 10.1 Å². The Kier molecular flexibility index (Phi) is 2.96. The maximum absolute atomic E-state index is 9.29. The van der Waals surface area contributed by atoms with Crippen molar-refractivity contribution in [1.29, 1.82) is 0 Å². The summed E-state index contributed by atoms with van der Waals surface area (Å²) in [7, 11) is 0. The Balaban J connectivity index is 1.80. The lowest BCUT2D eigenvalue weighted by Crippen LogP contribution is -2.56. The fourth-order valence-corrected chi connectivity index (χ4v) is 3.20. The van der Waals surface area contributed by atoms with Gasteiger partial charge in [0, 0.05) is 5.92 Å². The molecular weight excluding hydrogens is 228 g/mol. The van der Waals surface area contributed by atoms with Gasteiger partial charge in [-0.25, -0.2) is 0 Å². The van der Waals surface area contributed by atoms with Gasteiger partial charge in [0.2, 0.25) is 0 Å². The molecule has 1 aromatic carbocycles. The summed E-state index contributed by atoms with van der Waals surface area (Å²) in [5, 5.41) is 22.1. The van der Waals surface area contributed by atoms with E-state index in [1.807, 2.05) is 12.1 Å². The molecule has 0 spiro atoms. The van der Waals surface area contributed by atoms with E-state index in [0.29, 0.717) is 11.7 Å². The van der Waals surface area contributed by atoms with E-state index in [4.69, 9.17) is 0 Å². The highest BCUT2D eigenvalue weighted by Gasteiger charge is 2.39. The quantitative estimate of drug-likeness (QED) is 0.618. The first kappa shape index (κ1) is 11.5. The summed E-state index contributed by atoms with van der Waals surface area (Å²) in [6.45, 7) is 2.21. The second-order valence-corrected chi connectivity index (χ2v) is 5.22. The van der Waals surface area contributed by atoms with Crippen LogP contribution in [0.2, 0.25) is 0 Å². The van der Waals surface area contributed by atoms with E-state index in [-0.39, 0.29) is 6.04 Å². The van der Waals surface area contributed by atoms with Gasteiger partial charge in [-0.05, 0) is 50.0 Å². The van der Waals surface area contributed by atoms with E-state index in [0.717, 1.165) is 38.1 Å². The Bertz CT molecular complexity index is 447. The Morgan fingerprint density at radius 2 is 1.83 bits per heavy atom. The predicted octanol–water partition coefficient (Wildman–Crippen LogP) is 1.86. The lowest BCUT2D eigenvalue weighted by molar-refractivity contribution is 0.138. The van der Waals surface area contributed by atoms with Crippen molar-refractivity contribution in [3.63, 3.8) is 0 Å². The molecule has 2 bridgehead atoms. The van der Waals surface area contributed by atoms with E-state index in [9.17, 15) is 10.3 Å². The molecule has 1 unspecified atom stereocenters. The molecule has 0 saturated carbocycles. The normalized spacial score (nSPS) is 32.9. The molecule has 4 heteroatoms. The largest absolute Gasteiger partial charge is 0.508 e. The Morgan fingerprint density at radius 1 is 1.17 bits per heavy atom. The van der Waals surface area contributed by atoms with Gasteiger partial charge in [-0.2, -0.15) is 0 Å². The second-order valence-electron chi connectivity index (χ2n) is 5.22. The van der Waals surface area contributed by atoms with Gasteiger partial charge < -0.3 is 10.3 Å². The van der Waals surface area contributed by atoms with Gasteiger partial charge in [-0.15, -0.1) is 0 Å². The zero-order valence-corrected chi connectivity index (χ0v) is 10.3. The van der Waals surface area contributed by atoms with Crippen molar-refractivity contribution in [3.8, 4) is 5.75 Å². The Hall–Kier alpha value is -1.55. The summed E-state index contributed by atoms with van der Waals surface area (Å²) in [4.78, 5) is 2.40. The molecule has 0 aromatic heterocycles. The van der Waals surface area contributed by atoms with Crippen molar-refractivity contribution in [2.24, 2.45) is 11.1 Å². The van der Waals surface area contributed by atoms with Crippen LogP contribution in [0.4, 0.5) is 0 Å². The third-order valence-corrected chi connectivity index (χ3v) is 4.21. The van der Waals surface area contributed by atoms with Crippen LogP contribution in [0.25, 0.3) is 0 Å². The molecule has 2 N–H and O–H groups in total. The summed E-state index contributed by atoms with van der Waals surface area (Å²) >= 11 is 0. The number of rotatable bonds is 2. The molecule has 0 amide bonds. The van der Waals surface area contributed by atoms with Crippen molar-refractivity contribution in [2.75, 3.05) is 13.1 Å². The third kappa shape index (κ3) is 1.97. The zero-order chi connectivity index (χ0) is 12.5. The molecule has 3 fully saturated rings. The maximum atomic E-state index is 9.29. The number of piperidine rings is 3. The summed E-state index contributed by atoms with van der Waals surface area (Å²) in [5.74, 6) is 0.752. The summed E-state index contributed by atoms with van der Waals surface area (Å²) in [6.07, 6.45) is 3.09. The summed E-state index contributed by atoms with van der Waals surface area (Å²) < 4.78 is 0. The number of phenols is 1. The highest BCUT2D eigenvalue weighted by Crippen LogP contribution is 2.31. The number of fused-ring (bicyclic) bond motifs is 3. The smallest absolute Gasteiger partial charge is 0.115 e. The molecule has 4 rings (SSSR count). The monoisotopic (exact) mass is 246 g/mol. The van der Waals surface area contributed by atoms with Gasteiger partial charge in [-0.1, -0.05) is 17.3 Å². The molecule has 3 aliphatic rings. The van der Waals surface area contributed by atoms with Gasteiger partial charge in [0.05, 0.1) is 11.8 Å². The first-order chi connectivity index (χ1) is 8.78. The minimum Gasteiger partial charge on any atom is -0.508 e. The molecule has 96 valence electrons. The number of aromatic hydroxyl groups is 1. The topological polar surface area (TPSA) is 56.1 Å². The van der Waals surface area contributed by atoms with E-state index >= 15 is 0 Å². The number of hydrogen-bond acceptors (Lipinski definition) is 4. The first-order valence-electron chi connectivity index (χ1n) is 6.51. The van der Waals surface area contributed by atoms with Crippen LogP contribution in [-0.4, -0.2) is 40.1 Å². The number of phenolic OH excluding ortho intramolecular Hbond substituents is 1. The number of nitrogens with zero attached hydrogens (tertiary/aromatic N) is 2. The van der Waals surface area contributed by atoms with Gasteiger partial charge >= 0.3 is 0 Å². The van der Waals surface area contributed by atoms with Gasteiger partial charge in [0.15, 0.2) is 0 Å². The van der Waals surface area contributed by atoms with Crippen LogP contribution in [0.5, 0.6) is 5.75 Å². The standard InChI is InChI=1S/C14H18N2O2/c17-12-3-1-10(2-4-12)9-13-14(15-18)11-5-7-16(13)8-6-11/h1-4,11,13,17-18H,5-9H2/b15-14+. The van der Waals surface area contributed by atoms with Crippen LogP contribution in [0.1, 0.15) is 18.4 Å². The fraction of sp³-hybridized carbons (Fsp3) is 0.500. The molecule has 3 aliphatic heterocycles. The van der Waals surface area contributed by atoms with Crippen LogP contribution in [-0.2, 0) is 6.42 Å². The zero-order valence-electron chi connectivity index (χ0n) is 10.3. The Morgan fingerprint density at radius 3 is 2.44 bits per heavy atom. The predicted molar refractivity (Wildman–Crippen MR) is 69.1 cm³/mol. The molecule has 3 heterocycles. The van der Waals surface area contributed by atoms with E-state index in [1.54, 1.807) is 12.1 Å². The molecule has 1 atom stereocenters. The van der Waals surface area contributed by atoms with Gasteiger partial charge in [0.25, 0.3) is 0 Å². The second kappa shape index (κ2) is 4.61. The first-order valence-corrected chi connectivity index (χ1v) is 6.51. The number of oxime groups is 1. The fourth-order valence-electron chi connectivity index (χ4n) is 3.20. The van der Waals surface area contributed by atoms with Gasteiger partial charge in [0.1, 0.15) is 5.75 Å². The van der Waals surface area contributed by atoms with Crippen LogP contribution >= 0.6 is 0 Å². The van der Waals surface area contributed by atoms with E-state index in [1.165, 1.54) is 5.56 Å². The van der Waals surface area contributed by atoms with Crippen LogP contribution < -0.4 is 0 Å². The number of hydrogen-bond donors (Lipinski definition) is 2. The van der Waals surface area contributed by atoms with Crippen molar-refractivity contribution in [3.05, 3.63) is 29.8 Å².